The number of methoxy groups -OCH3 is 1. The lowest BCUT2D eigenvalue weighted by Crippen LogP contribution is -1.83. The molecule has 0 radical (unpaired) electrons. The van der Waals surface area contributed by atoms with Gasteiger partial charge in [-0.25, -0.2) is 0 Å². The molecule has 1 aromatic carbocycles. The molecule has 0 fully saturated rings. The van der Waals surface area contributed by atoms with Crippen molar-refractivity contribution < 1.29 is 4.74 Å². The van der Waals surface area contributed by atoms with E-state index >= 15 is 0 Å². The van der Waals surface area contributed by atoms with Crippen molar-refractivity contribution in [3.8, 4) is 5.75 Å². The van der Waals surface area contributed by atoms with Crippen molar-refractivity contribution >= 4 is 26.8 Å². The summed E-state index contributed by atoms with van der Waals surface area (Å²) in [6.45, 7) is 2.06. The van der Waals surface area contributed by atoms with Crippen LogP contribution in [0.3, 0.4) is 0 Å². The molecular weight excluding hydrogens is 230 g/mol. The molecule has 0 aliphatic carbocycles. The summed E-state index contributed by atoms with van der Waals surface area (Å²) in [4.78, 5) is 3.24. The summed E-state index contributed by atoms with van der Waals surface area (Å²) in [7, 11) is 1.69. The van der Waals surface area contributed by atoms with Gasteiger partial charge in [-0.15, -0.1) is 0 Å². The van der Waals surface area contributed by atoms with Crippen LogP contribution in [0, 0.1) is 6.92 Å². The number of halogens is 1. The average molecular weight is 240 g/mol. The number of nitrogens with one attached hydrogen (secondary N) is 1. The van der Waals surface area contributed by atoms with Crippen LogP contribution in [-0.4, -0.2) is 12.1 Å². The van der Waals surface area contributed by atoms with Crippen LogP contribution in [0.1, 0.15) is 5.56 Å². The molecule has 1 N–H and O–H groups in total. The molecule has 2 aromatic rings. The van der Waals surface area contributed by atoms with Crippen LogP contribution in [0.15, 0.2) is 22.8 Å². The molecule has 0 aliphatic heterocycles. The van der Waals surface area contributed by atoms with Gasteiger partial charge in [0.1, 0.15) is 5.75 Å². The highest BCUT2D eigenvalue weighted by atomic mass is 79.9. The number of benzene rings is 1. The number of hydrogen-bond acceptors (Lipinski definition) is 1. The molecule has 0 saturated carbocycles. The molecule has 13 heavy (non-hydrogen) atoms. The zero-order chi connectivity index (χ0) is 9.42. The van der Waals surface area contributed by atoms with E-state index in [-0.39, 0.29) is 0 Å². The number of hydrogen-bond donors (Lipinski definition) is 1. The average Bonchev–Trinajstić information content (AvgIpc) is 2.43. The number of aromatic nitrogens is 1. The van der Waals surface area contributed by atoms with Crippen molar-refractivity contribution in [2.24, 2.45) is 0 Å². The van der Waals surface area contributed by atoms with Crippen LogP contribution >= 0.6 is 15.9 Å². The topological polar surface area (TPSA) is 25.0 Å². The van der Waals surface area contributed by atoms with Gasteiger partial charge in [0.2, 0.25) is 0 Å². The second kappa shape index (κ2) is 3.07. The number of aryl methyl sites for hydroxylation is 1. The largest absolute Gasteiger partial charge is 0.496 e. The number of fused-ring (bicyclic) bond motifs is 1. The van der Waals surface area contributed by atoms with Gasteiger partial charge < -0.3 is 9.72 Å². The van der Waals surface area contributed by atoms with E-state index in [0.717, 1.165) is 21.3 Å². The Balaban J connectivity index is 2.87. The Morgan fingerprint density at radius 3 is 2.85 bits per heavy atom. The fraction of sp³-hybridized carbons (Fsp3) is 0.200. The number of H-pyrrole nitrogens is 1. The van der Waals surface area contributed by atoms with Crippen molar-refractivity contribution in [2.75, 3.05) is 7.11 Å². The molecule has 0 spiro atoms. The first-order valence-corrected chi connectivity index (χ1v) is 4.84. The second-order valence-electron chi connectivity index (χ2n) is 2.95. The quantitative estimate of drug-likeness (QED) is 0.813. The van der Waals surface area contributed by atoms with E-state index in [0.29, 0.717) is 0 Å². The first-order chi connectivity index (χ1) is 6.24. The maximum atomic E-state index is 5.28. The summed E-state index contributed by atoms with van der Waals surface area (Å²) < 4.78 is 6.30. The Morgan fingerprint density at radius 1 is 1.38 bits per heavy atom. The van der Waals surface area contributed by atoms with Gasteiger partial charge in [-0.05, 0) is 40.5 Å². The normalized spacial score (nSPS) is 10.7. The van der Waals surface area contributed by atoms with E-state index in [9.17, 15) is 0 Å². The van der Waals surface area contributed by atoms with Crippen molar-refractivity contribution in [1.82, 2.24) is 4.98 Å². The van der Waals surface area contributed by atoms with Crippen LogP contribution in [-0.2, 0) is 0 Å². The zero-order valence-corrected chi connectivity index (χ0v) is 9.10. The minimum absolute atomic E-state index is 0.914. The number of aromatic amines is 1. The molecule has 0 unspecified atom stereocenters. The maximum absolute atomic E-state index is 5.28. The maximum Gasteiger partial charge on any atom is 0.128 e. The third-order valence-electron chi connectivity index (χ3n) is 2.19. The van der Waals surface area contributed by atoms with E-state index in [1.165, 1.54) is 5.56 Å². The van der Waals surface area contributed by atoms with E-state index in [1.807, 2.05) is 18.2 Å². The lowest BCUT2D eigenvalue weighted by Gasteiger charge is -2.01. The molecule has 0 atom stereocenters. The van der Waals surface area contributed by atoms with Crippen LogP contribution < -0.4 is 4.74 Å². The summed E-state index contributed by atoms with van der Waals surface area (Å²) in [5, 5.41) is 1.15. The lowest BCUT2D eigenvalue weighted by atomic mass is 10.2. The van der Waals surface area contributed by atoms with Crippen LogP contribution in [0.2, 0.25) is 0 Å². The fourth-order valence-electron chi connectivity index (χ4n) is 1.51. The predicted octanol–water partition coefficient (Wildman–Crippen LogP) is 3.25. The Hall–Kier alpha value is -0.960. The Morgan fingerprint density at radius 2 is 2.15 bits per heavy atom. The van der Waals surface area contributed by atoms with E-state index in [2.05, 4.69) is 27.8 Å². The van der Waals surface area contributed by atoms with Gasteiger partial charge in [0, 0.05) is 5.39 Å². The molecule has 1 heterocycles. The van der Waals surface area contributed by atoms with E-state index in [1.54, 1.807) is 7.11 Å². The minimum atomic E-state index is 0.914. The predicted molar refractivity (Wildman–Crippen MR) is 57.3 cm³/mol. The molecule has 0 saturated heterocycles. The van der Waals surface area contributed by atoms with E-state index < -0.39 is 0 Å². The number of ether oxygens (including phenoxy) is 1. The number of rotatable bonds is 1. The molecule has 2 nitrogen and oxygen atoms in total. The Labute approximate surface area is 85.0 Å². The highest BCUT2D eigenvalue weighted by Crippen LogP contribution is 2.32. The highest BCUT2D eigenvalue weighted by molar-refractivity contribution is 9.10. The second-order valence-corrected chi connectivity index (χ2v) is 3.74. The van der Waals surface area contributed by atoms with Gasteiger partial charge in [-0.2, -0.15) is 0 Å². The van der Waals surface area contributed by atoms with Crippen molar-refractivity contribution in [3.63, 3.8) is 0 Å². The molecule has 2 rings (SSSR count). The Bertz CT molecular complexity index is 447. The zero-order valence-electron chi connectivity index (χ0n) is 7.52. The third-order valence-corrected chi connectivity index (χ3v) is 2.99. The van der Waals surface area contributed by atoms with Gasteiger partial charge in [0.05, 0.1) is 17.2 Å². The molecule has 1 aromatic heterocycles. The fourth-order valence-corrected chi connectivity index (χ4v) is 1.93. The minimum Gasteiger partial charge on any atom is -0.496 e. The van der Waals surface area contributed by atoms with Gasteiger partial charge >= 0.3 is 0 Å². The molecular formula is C10H10BrNO. The SMILES string of the molecule is COc1cccc2[nH]c(Br)c(C)c12. The molecule has 0 bridgehead atoms. The van der Waals surface area contributed by atoms with Crippen molar-refractivity contribution in [2.45, 2.75) is 6.92 Å². The summed E-state index contributed by atoms with van der Waals surface area (Å²) >= 11 is 3.46. The Kier molecular flexibility index (Phi) is 2.04. The van der Waals surface area contributed by atoms with Crippen LogP contribution in [0.25, 0.3) is 10.9 Å². The van der Waals surface area contributed by atoms with Gasteiger partial charge in [0.15, 0.2) is 0 Å². The molecule has 3 heteroatoms. The molecule has 68 valence electrons. The highest BCUT2D eigenvalue weighted by Gasteiger charge is 2.08. The lowest BCUT2D eigenvalue weighted by molar-refractivity contribution is 0.419. The van der Waals surface area contributed by atoms with Crippen LogP contribution in [0.5, 0.6) is 5.75 Å². The summed E-state index contributed by atoms with van der Waals surface area (Å²) in [6, 6.07) is 5.98. The smallest absolute Gasteiger partial charge is 0.128 e. The third kappa shape index (κ3) is 1.23. The first-order valence-electron chi connectivity index (χ1n) is 4.05. The van der Waals surface area contributed by atoms with Crippen LogP contribution in [0.4, 0.5) is 0 Å². The monoisotopic (exact) mass is 239 g/mol. The summed E-state index contributed by atoms with van der Waals surface area (Å²) in [5.41, 5.74) is 2.29. The van der Waals surface area contributed by atoms with Gasteiger partial charge in [-0.1, -0.05) is 6.07 Å². The van der Waals surface area contributed by atoms with Gasteiger partial charge in [-0.3, -0.25) is 0 Å². The first kappa shape index (κ1) is 8.63. The van der Waals surface area contributed by atoms with E-state index in [4.69, 9.17) is 4.74 Å². The van der Waals surface area contributed by atoms with Crippen molar-refractivity contribution in [3.05, 3.63) is 28.4 Å². The molecule has 0 amide bonds. The molecule has 0 aliphatic rings. The summed E-state index contributed by atoms with van der Waals surface area (Å²) in [5.74, 6) is 0.914. The van der Waals surface area contributed by atoms with Crippen molar-refractivity contribution in [1.29, 1.82) is 0 Å². The summed E-state index contributed by atoms with van der Waals surface area (Å²) in [6.07, 6.45) is 0. The standard InChI is InChI=1S/C10H10BrNO/c1-6-9-7(12-10(6)11)4-3-5-8(9)13-2/h3-5,12H,1-2H3. The van der Waals surface area contributed by atoms with Gasteiger partial charge in [0.25, 0.3) is 0 Å².